The number of carbonyl (C=O) groups is 3. The van der Waals surface area contributed by atoms with Gasteiger partial charge in [0.05, 0.1) is 18.4 Å². The molecule has 3 amide bonds. The lowest BCUT2D eigenvalue weighted by Gasteiger charge is -2.25. The van der Waals surface area contributed by atoms with E-state index in [1.165, 1.54) is 0 Å². The highest BCUT2D eigenvalue weighted by Crippen LogP contribution is 2.34. The maximum absolute atomic E-state index is 12.7. The Morgan fingerprint density at radius 3 is 2.63 bits per heavy atom. The van der Waals surface area contributed by atoms with E-state index in [0.29, 0.717) is 25.1 Å². The Kier molecular flexibility index (Phi) is 4.62. The summed E-state index contributed by atoms with van der Waals surface area (Å²) in [6.45, 7) is 0.524. The van der Waals surface area contributed by atoms with E-state index in [-0.39, 0.29) is 36.0 Å². The summed E-state index contributed by atoms with van der Waals surface area (Å²) < 4.78 is 5.61. The van der Waals surface area contributed by atoms with Crippen molar-refractivity contribution in [3.8, 4) is 5.75 Å². The van der Waals surface area contributed by atoms with E-state index in [4.69, 9.17) is 4.74 Å². The van der Waals surface area contributed by atoms with Crippen LogP contribution < -0.4 is 15.4 Å². The molecule has 2 aliphatic heterocycles. The van der Waals surface area contributed by atoms with Gasteiger partial charge >= 0.3 is 0 Å². The first-order chi connectivity index (χ1) is 13.1. The zero-order chi connectivity index (χ0) is 18.8. The Bertz CT molecular complexity index is 891. The van der Waals surface area contributed by atoms with Gasteiger partial charge in [0, 0.05) is 17.7 Å². The first-order valence-electron chi connectivity index (χ1n) is 9.05. The minimum absolute atomic E-state index is 0.0562. The van der Waals surface area contributed by atoms with E-state index >= 15 is 0 Å². The van der Waals surface area contributed by atoms with Crippen molar-refractivity contribution in [1.82, 2.24) is 5.32 Å². The third-order valence-corrected chi connectivity index (χ3v) is 5.04. The second kappa shape index (κ2) is 7.23. The van der Waals surface area contributed by atoms with E-state index in [1.54, 1.807) is 0 Å². The minimum atomic E-state index is -0.309. The van der Waals surface area contributed by atoms with Crippen LogP contribution in [0.15, 0.2) is 48.5 Å². The van der Waals surface area contributed by atoms with E-state index in [9.17, 15) is 14.4 Å². The predicted molar refractivity (Wildman–Crippen MR) is 99.3 cm³/mol. The molecule has 2 aromatic rings. The summed E-state index contributed by atoms with van der Waals surface area (Å²) in [4.78, 5) is 35.7. The summed E-state index contributed by atoms with van der Waals surface area (Å²) in [6.07, 6.45) is 1.39. The molecule has 27 heavy (non-hydrogen) atoms. The van der Waals surface area contributed by atoms with Crippen LogP contribution in [0.2, 0.25) is 0 Å². The van der Waals surface area contributed by atoms with Crippen molar-refractivity contribution >= 4 is 23.4 Å². The van der Waals surface area contributed by atoms with Crippen LogP contribution in [-0.2, 0) is 20.8 Å². The monoisotopic (exact) mass is 364 g/mol. The van der Waals surface area contributed by atoms with E-state index in [1.807, 2.05) is 48.5 Å². The molecule has 6 heteroatoms. The lowest BCUT2D eigenvalue weighted by molar-refractivity contribution is -0.125. The van der Waals surface area contributed by atoms with E-state index < -0.39 is 0 Å². The SMILES string of the molecule is O=C1C[C@H](Cc2ccc(NC(=O)[C@H]3CCOc4ccccc43)cc2)C(=O)N1. The Labute approximate surface area is 156 Å². The Morgan fingerprint density at radius 2 is 1.89 bits per heavy atom. The molecule has 0 spiro atoms. The van der Waals surface area contributed by atoms with Crippen LogP contribution in [0.5, 0.6) is 5.75 Å². The van der Waals surface area contributed by atoms with E-state index in [0.717, 1.165) is 16.9 Å². The fraction of sp³-hybridized carbons (Fsp3) is 0.286. The van der Waals surface area contributed by atoms with Gasteiger partial charge < -0.3 is 10.1 Å². The fourth-order valence-corrected chi connectivity index (χ4v) is 3.62. The number of benzene rings is 2. The number of carbonyl (C=O) groups excluding carboxylic acids is 3. The number of ether oxygens (including phenoxy) is 1. The van der Waals surface area contributed by atoms with Gasteiger partial charge in [-0.25, -0.2) is 0 Å². The topological polar surface area (TPSA) is 84.5 Å². The Hall–Kier alpha value is -3.15. The molecule has 1 fully saturated rings. The highest BCUT2D eigenvalue weighted by Gasteiger charge is 2.30. The van der Waals surface area contributed by atoms with Gasteiger partial charge in [-0.2, -0.15) is 0 Å². The molecule has 4 rings (SSSR count). The van der Waals surface area contributed by atoms with Crippen molar-refractivity contribution in [1.29, 1.82) is 0 Å². The molecule has 2 aromatic carbocycles. The van der Waals surface area contributed by atoms with Gasteiger partial charge in [-0.15, -0.1) is 0 Å². The first kappa shape index (κ1) is 17.3. The molecule has 1 saturated heterocycles. The summed E-state index contributed by atoms with van der Waals surface area (Å²) in [5, 5.41) is 5.29. The largest absolute Gasteiger partial charge is 0.493 e. The Balaban J connectivity index is 1.41. The number of hydrogen-bond acceptors (Lipinski definition) is 4. The average Bonchev–Trinajstić information content (AvgIpc) is 2.99. The van der Waals surface area contributed by atoms with Gasteiger partial charge in [0.1, 0.15) is 5.75 Å². The van der Waals surface area contributed by atoms with Crippen LogP contribution in [0, 0.1) is 5.92 Å². The fourth-order valence-electron chi connectivity index (χ4n) is 3.62. The van der Waals surface area contributed by atoms with Crippen molar-refractivity contribution < 1.29 is 19.1 Å². The van der Waals surface area contributed by atoms with Crippen LogP contribution in [0.1, 0.15) is 29.9 Å². The number of nitrogens with one attached hydrogen (secondary N) is 2. The maximum atomic E-state index is 12.7. The molecule has 0 aliphatic carbocycles. The number of imide groups is 1. The summed E-state index contributed by atoms with van der Waals surface area (Å²) in [6, 6.07) is 15.0. The number of amides is 3. The number of para-hydroxylation sites is 1. The number of hydrogen-bond donors (Lipinski definition) is 2. The molecule has 2 atom stereocenters. The van der Waals surface area contributed by atoms with Crippen molar-refractivity contribution in [3.05, 3.63) is 59.7 Å². The third-order valence-electron chi connectivity index (χ3n) is 5.04. The zero-order valence-corrected chi connectivity index (χ0v) is 14.7. The van der Waals surface area contributed by atoms with Gasteiger partial charge in [-0.05, 0) is 36.6 Å². The van der Waals surface area contributed by atoms with E-state index in [2.05, 4.69) is 10.6 Å². The molecule has 0 unspecified atom stereocenters. The summed E-state index contributed by atoms with van der Waals surface area (Å²) >= 11 is 0. The van der Waals surface area contributed by atoms with Crippen molar-refractivity contribution in [2.24, 2.45) is 5.92 Å². The molecule has 0 radical (unpaired) electrons. The normalized spacial score (nSPS) is 21.2. The van der Waals surface area contributed by atoms with Gasteiger partial charge in [0.2, 0.25) is 17.7 Å². The number of rotatable bonds is 4. The smallest absolute Gasteiger partial charge is 0.232 e. The van der Waals surface area contributed by atoms with Crippen molar-refractivity contribution in [2.45, 2.75) is 25.2 Å². The van der Waals surface area contributed by atoms with Crippen LogP contribution in [0.4, 0.5) is 5.69 Å². The van der Waals surface area contributed by atoms with Crippen LogP contribution in [0.25, 0.3) is 0 Å². The standard InChI is InChI=1S/C21H20N2O4/c24-19-12-14(20(25)23-19)11-13-5-7-15(8-6-13)22-21(26)17-9-10-27-18-4-2-1-3-16(17)18/h1-8,14,17H,9-12H2,(H,22,26)(H,23,24,25)/t14-,17-/m0/s1. The molecule has 2 heterocycles. The van der Waals surface area contributed by atoms with Gasteiger partial charge in [0.25, 0.3) is 0 Å². The van der Waals surface area contributed by atoms with Crippen LogP contribution in [-0.4, -0.2) is 24.3 Å². The molecule has 2 N–H and O–H groups in total. The average molecular weight is 364 g/mol. The number of anilines is 1. The second-order valence-corrected chi connectivity index (χ2v) is 6.93. The molecular weight excluding hydrogens is 344 g/mol. The minimum Gasteiger partial charge on any atom is -0.493 e. The van der Waals surface area contributed by atoms with Crippen molar-refractivity contribution in [2.75, 3.05) is 11.9 Å². The number of fused-ring (bicyclic) bond motifs is 1. The lowest BCUT2D eigenvalue weighted by Crippen LogP contribution is -2.26. The molecular formula is C21H20N2O4. The molecule has 138 valence electrons. The van der Waals surface area contributed by atoms with Crippen LogP contribution in [0.3, 0.4) is 0 Å². The van der Waals surface area contributed by atoms with Crippen LogP contribution >= 0.6 is 0 Å². The summed E-state index contributed by atoms with van der Waals surface area (Å²) in [5.41, 5.74) is 2.58. The van der Waals surface area contributed by atoms with Gasteiger partial charge in [-0.3, -0.25) is 19.7 Å². The maximum Gasteiger partial charge on any atom is 0.232 e. The first-order valence-corrected chi connectivity index (χ1v) is 9.05. The zero-order valence-electron chi connectivity index (χ0n) is 14.7. The lowest BCUT2D eigenvalue weighted by atomic mass is 9.92. The molecule has 2 aliphatic rings. The predicted octanol–water partition coefficient (Wildman–Crippen LogP) is 2.40. The third kappa shape index (κ3) is 3.69. The molecule has 0 aromatic heterocycles. The summed E-state index contributed by atoms with van der Waals surface area (Å²) in [5.74, 6) is -0.261. The van der Waals surface area contributed by atoms with Crippen molar-refractivity contribution in [3.63, 3.8) is 0 Å². The van der Waals surface area contributed by atoms with Gasteiger partial charge in [-0.1, -0.05) is 30.3 Å². The molecule has 6 nitrogen and oxygen atoms in total. The Morgan fingerprint density at radius 1 is 1.11 bits per heavy atom. The summed E-state index contributed by atoms with van der Waals surface area (Å²) in [7, 11) is 0. The second-order valence-electron chi connectivity index (χ2n) is 6.93. The van der Waals surface area contributed by atoms with Gasteiger partial charge in [0.15, 0.2) is 0 Å². The molecule has 0 bridgehead atoms. The quantitative estimate of drug-likeness (QED) is 0.816. The molecule has 0 saturated carbocycles. The highest BCUT2D eigenvalue weighted by molar-refractivity contribution is 6.03. The highest BCUT2D eigenvalue weighted by atomic mass is 16.5.